The maximum atomic E-state index is 12.2. The molecule has 3 rings (SSSR count). The van der Waals surface area contributed by atoms with Crippen LogP contribution < -0.4 is 9.64 Å². The van der Waals surface area contributed by atoms with E-state index in [9.17, 15) is 4.79 Å². The Morgan fingerprint density at radius 1 is 1.23 bits per heavy atom. The predicted octanol–water partition coefficient (Wildman–Crippen LogP) is 1.81. The molecule has 5 nitrogen and oxygen atoms in total. The van der Waals surface area contributed by atoms with Crippen molar-refractivity contribution in [2.75, 3.05) is 31.6 Å². The number of amides is 1. The predicted molar refractivity (Wildman–Crippen MR) is 84.9 cm³/mol. The summed E-state index contributed by atoms with van der Waals surface area (Å²) in [7, 11) is 1.83. The third kappa shape index (κ3) is 3.19. The lowest BCUT2D eigenvalue weighted by Crippen LogP contribution is -2.60. The Hall–Kier alpha value is -2.56. The molecule has 1 aromatic heterocycles. The zero-order valence-electron chi connectivity index (χ0n) is 12.6. The van der Waals surface area contributed by atoms with Gasteiger partial charge >= 0.3 is 0 Å². The quantitative estimate of drug-likeness (QED) is 0.844. The Balaban J connectivity index is 1.46. The number of aromatic nitrogens is 1. The fourth-order valence-corrected chi connectivity index (χ4v) is 2.40. The van der Waals surface area contributed by atoms with Crippen LogP contribution in [-0.4, -0.2) is 48.6 Å². The molecule has 0 bridgehead atoms. The number of benzene rings is 1. The lowest BCUT2D eigenvalue weighted by molar-refractivity contribution is -0.134. The highest BCUT2D eigenvalue weighted by Gasteiger charge is 2.33. The van der Waals surface area contributed by atoms with Gasteiger partial charge in [0.15, 0.2) is 6.61 Å². The number of likely N-dealkylation sites (N-methyl/N-ethyl adjacent to an activating group) is 1. The van der Waals surface area contributed by atoms with Gasteiger partial charge in [-0.1, -0.05) is 24.3 Å². The van der Waals surface area contributed by atoms with Crippen molar-refractivity contribution in [1.29, 1.82) is 0 Å². The van der Waals surface area contributed by atoms with Gasteiger partial charge in [0.05, 0.1) is 6.04 Å². The average molecular weight is 297 g/mol. The Morgan fingerprint density at radius 3 is 2.64 bits per heavy atom. The van der Waals surface area contributed by atoms with Crippen molar-refractivity contribution in [2.45, 2.75) is 6.04 Å². The van der Waals surface area contributed by atoms with Crippen LogP contribution in [0.5, 0.6) is 5.75 Å². The lowest BCUT2D eigenvalue weighted by atomic mass is 10.1. The van der Waals surface area contributed by atoms with E-state index in [-0.39, 0.29) is 18.6 Å². The molecule has 0 radical (unpaired) electrons. The number of carbonyl (C=O) groups is 1. The second-order valence-corrected chi connectivity index (χ2v) is 5.35. The molecular formula is C17H19N3O2. The maximum absolute atomic E-state index is 12.2. The van der Waals surface area contributed by atoms with Crippen LogP contribution in [0, 0.1) is 0 Å². The summed E-state index contributed by atoms with van der Waals surface area (Å²) in [5, 5.41) is 0. The molecule has 0 saturated carbocycles. The molecule has 1 saturated heterocycles. The van der Waals surface area contributed by atoms with Gasteiger partial charge in [-0.2, -0.15) is 0 Å². The van der Waals surface area contributed by atoms with E-state index in [0.717, 1.165) is 18.9 Å². The minimum atomic E-state index is -0.00507. The third-order valence-corrected chi connectivity index (χ3v) is 3.88. The molecule has 0 N–H and O–H groups in total. The summed E-state index contributed by atoms with van der Waals surface area (Å²) in [5.41, 5.74) is 0. The number of hydrogen-bond donors (Lipinski definition) is 0. The summed E-state index contributed by atoms with van der Waals surface area (Å²) in [6, 6.07) is 15.5. The first-order valence-corrected chi connectivity index (χ1v) is 7.33. The topological polar surface area (TPSA) is 45.7 Å². The first kappa shape index (κ1) is 14.4. The normalized spacial score (nSPS) is 14.3. The van der Waals surface area contributed by atoms with Crippen LogP contribution in [0.25, 0.3) is 0 Å². The van der Waals surface area contributed by atoms with Crippen molar-refractivity contribution in [3.8, 4) is 5.75 Å². The number of anilines is 1. The molecule has 1 fully saturated rings. The average Bonchev–Trinajstić information content (AvgIpc) is 2.53. The second kappa shape index (κ2) is 6.47. The maximum Gasteiger partial charge on any atom is 0.260 e. The molecule has 22 heavy (non-hydrogen) atoms. The van der Waals surface area contributed by atoms with Crippen LogP contribution in [0.4, 0.5) is 5.82 Å². The first-order chi connectivity index (χ1) is 10.7. The van der Waals surface area contributed by atoms with Crippen LogP contribution in [0.15, 0.2) is 54.7 Å². The summed E-state index contributed by atoms with van der Waals surface area (Å²) in [6.45, 7) is 1.69. The van der Waals surface area contributed by atoms with Crippen molar-refractivity contribution >= 4 is 11.7 Å². The highest BCUT2D eigenvalue weighted by molar-refractivity contribution is 5.78. The van der Waals surface area contributed by atoms with Gasteiger partial charge in [-0.15, -0.1) is 0 Å². The van der Waals surface area contributed by atoms with E-state index in [0.29, 0.717) is 5.75 Å². The van der Waals surface area contributed by atoms with Gasteiger partial charge in [0.25, 0.3) is 5.91 Å². The van der Waals surface area contributed by atoms with Gasteiger partial charge < -0.3 is 14.5 Å². The second-order valence-electron chi connectivity index (χ2n) is 5.35. The molecule has 1 aliphatic rings. The summed E-state index contributed by atoms with van der Waals surface area (Å²) < 4.78 is 5.50. The molecule has 0 unspecified atom stereocenters. The van der Waals surface area contributed by atoms with Crippen LogP contribution in [-0.2, 0) is 4.79 Å². The van der Waals surface area contributed by atoms with Crippen molar-refractivity contribution in [1.82, 2.24) is 9.88 Å². The zero-order valence-corrected chi connectivity index (χ0v) is 12.6. The van der Waals surface area contributed by atoms with Crippen molar-refractivity contribution in [2.24, 2.45) is 0 Å². The van der Waals surface area contributed by atoms with Crippen LogP contribution >= 0.6 is 0 Å². The van der Waals surface area contributed by atoms with Gasteiger partial charge in [-0.3, -0.25) is 4.79 Å². The van der Waals surface area contributed by atoms with E-state index >= 15 is 0 Å². The summed E-state index contributed by atoms with van der Waals surface area (Å²) in [5.74, 6) is 1.67. The van der Waals surface area contributed by atoms with Gasteiger partial charge in [0.2, 0.25) is 0 Å². The van der Waals surface area contributed by atoms with E-state index in [1.165, 1.54) is 0 Å². The monoisotopic (exact) mass is 297 g/mol. The number of hydrogen-bond acceptors (Lipinski definition) is 4. The Morgan fingerprint density at radius 2 is 1.95 bits per heavy atom. The van der Waals surface area contributed by atoms with E-state index in [1.54, 1.807) is 11.1 Å². The lowest BCUT2D eigenvalue weighted by Gasteiger charge is -2.44. The van der Waals surface area contributed by atoms with E-state index < -0.39 is 0 Å². The SMILES string of the molecule is CN(C(=O)COc1ccccc1)C1CN(c2ccccn2)C1. The smallest absolute Gasteiger partial charge is 0.260 e. The molecule has 114 valence electrons. The number of para-hydroxylation sites is 1. The number of pyridine rings is 1. The van der Waals surface area contributed by atoms with Gasteiger partial charge in [-0.25, -0.2) is 4.98 Å². The minimum Gasteiger partial charge on any atom is -0.484 e. The van der Waals surface area contributed by atoms with E-state index in [2.05, 4.69) is 9.88 Å². The number of carbonyl (C=O) groups excluding carboxylic acids is 1. The van der Waals surface area contributed by atoms with Gasteiger partial charge in [0.1, 0.15) is 11.6 Å². The van der Waals surface area contributed by atoms with Gasteiger partial charge in [0, 0.05) is 26.3 Å². The van der Waals surface area contributed by atoms with Gasteiger partial charge in [-0.05, 0) is 24.3 Å². The first-order valence-electron chi connectivity index (χ1n) is 7.33. The van der Waals surface area contributed by atoms with Crippen molar-refractivity contribution in [3.05, 3.63) is 54.7 Å². The number of rotatable bonds is 5. The number of nitrogens with zero attached hydrogens (tertiary/aromatic N) is 3. The molecule has 0 aliphatic carbocycles. The molecule has 5 heteroatoms. The summed E-state index contributed by atoms with van der Waals surface area (Å²) >= 11 is 0. The van der Waals surface area contributed by atoms with E-state index in [4.69, 9.17) is 4.74 Å². The molecule has 0 atom stereocenters. The molecule has 1 aliphatic heterocycles. The summed E-state index contributed by atoms with van der Waals surface area (Å²) in [4.78, 5) is 20.4. The van der Waals surface area contributed by atoms with Crippen molar-refractivity contribution in [3.63, 3.8) is 0 Å². The summed E-state index contributed by atoms with van der Waals surface area (Å²) in [6.07, 6.45) is 1.78. The Kier molecular flexibility index (Phi) is 4.23. The molecule has 0 spiro atoms. The van der Waals surface area contributed by atoms with Crippen LogP contribution in [0.3, 0.4) is 0 Å². The van der Waals surface area contributed by atoms with E-state index in [1.807, 2.05) is 55.6 Å². The minimum absolute atomic E-state index is 0.00507. The molecule has 1 amide bonds. The largest absolute Gasteiger partial charge is 0.484 e. The van der Waals surface area contributed by atoms with Crippen LogP contribution in [0.2, 0.25) is 0 Å². The fraction of sp³-hybridized carbons (Fsp3) is 0.294. The third-order valence-electron chi connectivity index (χ3n) is 3.88. The highest BCUT2D eigenvalue weighted by atomic mass is 16.5. The van der Waals surface area contributed by atoms with Crippen LogP contribution in [0.1, 0.15) is 0 Å². The molecule has 2 heterocycles. The van der Waals surface area contributed by atoms with Crippen molar-refractivity contribution < 1.29 is 9.53 Å². The zero-order chi connectivity index (χ0) is 15.4. The highest BCUT2D eigenvalue weighted by Crippen LogP contribution is 2.20. The standard InChI is InChI=1S/C17H19N3O2/c1-19(17(21)13-22-15-7-3-2-4-8-15)14-11-20(12-14)16-9-5-6-10-18-16/h2-10,14H,11-13H2,1H3. The Bertz CT molecular complexity index is 612. The number of ether oxygens (including phenoxy) is 1. The molecule has 2 aromatic rings. The Labute approximate surface area is 130 Å². The fourth-order valence-electron chi connectivity index (χ4n) is 2.40. The molecule has 1 aromatic carbocycles. The molecular weight excluding hydrogens is 278 g/mol.